The van der Waals surface area contributed by atoms with E-state index in [1.165, 1.54) is 0 Å². The monoisotopic (exact) mass is 416 g/mol. The fourth-order valence-corrected chi connectivity index (χ4v) is 0. The zero-order chi connectivity index (χ0) is 4.50. The van der Waals surface area contributed by atoms with E-state index < -0.39 is 9.05 Å². The largest absolute Gasteiger partial charge is 2.00 e. The van der Waals surface area contributed by atoms with Crippen molar-refractivity contribution in [2.24, 2.45) is 0 Å². The van der Waals surface area contributed by atoms with Crippen molar-refractivity contribution in [2.45, 2.75) is 0 Å². The SMILES string of the molecule is O.O[Si](O)(O)O.[AlH3].[Ba+2].[Ca+2].[H-].[H-].[H-].[H-].[H-].[H-].[Sr+2]. The van der Waals surface area contributed by atoms with Gasteiger partial charge in [-0.3, -0.25) is 0 Å². The second kappa shape index (κ2) is 19.4. The molecule has 0 amide bonds. The van der Waals surface area contributed by atoms with Crippen LogP contribution in [-0.2, 0) is 0 Å². The average molecular weight is 415 g/mol. The topological polar surface area (TPSA) is 112 Å². The predicted molar refractivity (Wildman–Crippen MR) is 52.1 cm³/mol. The summed E-state index contributed by atoms with van der Waals surface area (Å²) in [5.74, 6) is 0. The smallest absolute Gasteiger partial charge is 1.00 e. The van der Waals surface area contributed by atoms with Gasteiger partial charge in [-0.2, -0.15) is 0 Å². The third-order valence-electron chi connectivity index (χ3n) is 0. The van der Waals surface area contributed by atoms with Gasteiger partial charge < -0.3 is 33.2 Å². The summed E-state index contributed by atoms with van der Waals surface area (Å²) in [5, 5.41) is 0. The van der Waals surface area contributed by atoms with Crippen molar-refractivity contribution in [1.29, 1.82) is 0 Å². The fourth-order valence-electron chi connectivity index (χ4n) is 0. The molecule has 0 aromatic heterocycles. The zero-order valence-electron chi connectivity index (χ0n) is 10.9. The van der Waals surface area contributed by atoms with Crippen LogP contribution in [0.2, 0.25) is 0 Å². The first-order valence-corrected chi connectivity index (χ1v) is 2.68. The Kier molecular flexibility index (Phi) is 70.7. The third-order valence-corrected chi connectivity index (χ3v) is 0. The normalized spacial score (nSPS) is 6.00. The van der Waals surface area contributed by atoms with Gasteiger partial charge in [0.05, 0.1) is 0 Å². The van der Waals surface area contributed by atoms with Gasteiger partial charge in [-0.05, 0) is 0 Å². The molecule has 0 saturated heterocycles. The Morgan fingerprint density at radius 3 is 1.00 bits per heavy atom. The second-order valence-electron chi connectivity index (χ2n) is 0.600. The molecule has 0 spiro atoms. The van der Waals surface area contributed by atoms with Crippen LogP contribution < -0.4 is 0 Å². The fraction of sp³-hybridized carbons (Fsp3) is 0. The Morgan fingerprint density at radius 1 is 1.00 bits per heavy atom. The Bertz CT molecular complexity index is 52.4. The van der Waals surface area contributed by atoms with Crippen molar-refractivity contribution in [1.82, 2.24) is 0 Å². The van der Waals surface area contributed by atoms with E-state index in [1.54, 1.807) is 0 Å². The molecule has 0 aliphatic carbocycles. The first kappa shape index (κ1) is 36.4. The van der Waals surface area contributed by atoms with Crippen molar-refractivity contribution >= 4 is 159 Å². The van der Waals surface area contributed by atoms with Crippen molar-refractivity contribution in [3.63, 3.8) is 0 Å². The molecule has 6 N–H and O–H groups in total. The Hall–Kier alpha value is 4.86. The Labute approximate surface area is 187 Å². The number of rotatable bonds is 0. The van der Waals surface area contributed by atoms with Crippen LogP contribution in [0.5, 0.6) is 0 Å². The van der Waals surface area contributed by atoms with Crippen LogP contribution >= 0.6 is 0 Å². The van der Waals surface area contributed by atoms with Crippen molar-refractivity contribution < 1.29 is 33.2 Å². The predicted octanol–water partition coefficient (Wildman–Crippen LogP) is -5.08. The molecule has 0 aliphatic heterocycles. The van der Waals surface area contributed by atoms with E-state index in [1.807, 2.05) is 0 Å². The van der Waals surface area contributed by atoms with E-state index >= 15 is 0 Å². The molecular weight excluding hydrogens is 400 g/mol. The minimum absolute atomic E-state index is 0. The minimum Gasteiger partial charge on any atom is -1.00 e. The van der Waals surface area contributed by atoms with Gasteiger partial charge in [-0.1, -0.05) is 0 Å². The molecule has 0 aromatic rings. The molecule has 0 atom stereocenters. The molecule has 0 rings (SSSR count). The summed E-state index contributed by atoms with van der Waals surface area (Å²) < 4.78 is 0. The van der Waals surface area contributed by atoms with Crippen LogP contribution in [-0.4, -0.2) is 183 Å². The van der Waals surface area contributed by atoms with Crippen LogP contribution in [0.15, 0.2) is 0 Å². The molecule has 0 fully saturated rings. The summed E-state index contributed by atoms with van der Waals surface area (Å²) in [4.78, 5) is 29.3. The van der Waals surface area contributed by atoms with E-state index in [9.17, 15) is 0 Å². The minimum atomic E-state index is -4.61. The quantitative estimate of drug-likeness (QED) is 0.297. The summed E-state index contributed by atoms with van der Waals surface area (Å²) in [6.45, 7) is 0. The maximum Gasteiger partial charge on any atom is 2.00 e. The summed E-state index contributed by atoms with van der Waals surface area (Å²) in [6.07, 6.45) is 0. The van der Waals surface area contributed by atoms with Crippen LogP contribution in [0.1, 0.15) is 8.56 Å². The van der Waals surface area contributed by atoms with Crippen LogP contribution in [0.25, 0.3) is 0 Å². The van der Waals surface area contributed by atoms with Gasteiger partial charge in [0.25, 0.3) is 0 Å². The van der Waals surface area contributed by atoms with Crippen LogP contribution in [0.4, 0.5) is 0 Å². The molecule has 0 unspecified atom stereocenters. The average Bonchev–Trinajstić information content (AvgIpc) is 0.722. The molecule has 0 aliphatic rings. The summed E-state index contributed by atoms with van der Waals surface area (Å²) in [7, 11) is -4.61. The Morgan fingerprint density at radius 2 is 1.00 bits per heavy atom. The first-order valence-electron chi connectivity index (χ1n) is 0.894. The molecule has 58 valence electrons. The summed E-state index contributed by atoms with van der Waals surface area (Å²) in [6, 6.07) is 0. The zero-order valence-corrected chi connectivity index (χ0v) is 16.0. The van der Waals surface area contributed by atoms with Gasteiger partial charge >= 0.3 is 141 Å². The van der Waals surface area contributed by atoms with Crippen molar-refractivity contribution in [3.05, 3.63) is 0 Å². The summed E-state index contributed by atoms with van der Waals surface area (Å²) >= 11 is 0. The molecule has 0 aromatic carbocycles. The first-order chi connectivity index (χ1) is 2.00. The van der Waals surface area contributed by atoms with Crippen LogP contribution in [0.3, 0.4) is 0 Å². The van der Waals surface area contributed by atoms with Crippen LogP contribution in [0, 0.1) is 0 Å². The molecule has 10 heavy (non-hydrogen) atoms. The molecule has 5 nitrogen and oxygen atoms in total. The van der Waals surface area contributed by atoms with Gasteiger partial charge in [0, 0.05) is 0 Å². The van der Waals surface area contributed by atoms with Crippen molar-refractivity contribution in [2.75, 3.05) is 0 Å². The van der Waals surface area contributed by atoms with E-state index in [4.69, 9.17) is 19.2 Å². The van der Waals surface area contributed by atoms with Gasteiger partial charge in [0.1, 0.15) is 0 Å². The van der Waals surface area contributed by atoms with E-state index in [-0.39, 0.29) is 163 Å². The molecule has 0 bridgehead atoms. The third kappa shape index (κ3) is 76.6. The van der Waals surface area contributed by atoms with Gasteiger partial charge in [0.2, 0.25) is 0 Å². The van der Waals surface area contributed by atoms with Crippen molar-refractivity contribution in [3.8, 4) is 0 Å². The van der Waals surface area contributed by atoms with E-state index in [0.29, 0.717) is 0 Å². The maximum absolute atomic E-state index is 7.33. The Balaban J connectivity index is -0.00000000145. The summed E-state index contributed by atoms with van der Waals surface area (Å²) in [5.41, 5.74) is 0. The van der Waals surface area contributed by atoms with Gasteiger partial charge in [0.15, 0.2) is 17.4 Å². The van der Waals surface area contributed by atoms with E-state index in [0.717, 1.165) is 0 Å². The molecule has 0 heterocycles. The number of hydrogen-bond donors (Lipinski definition) is 4. The molecule has 0 radical (unpaired) electrons. The number of hydrogen-bond acceptors (Lipinski definition) is 4. The maximum atomic E-state index is 7.33. The standard InChI is InChI=1S/Al.Ba.Ca.H4O4Si.H2O.Sr.9H/c;;;1-5(2,3)4;;;;;;;;;;;/h;;;1-4H;1H2;;;;;;;;;;/q;2*+2;;;+2;;;;6*-1. The molecule has 10 heteroatoms. The van der Waals surface area contributed by atoms with E-state index in [2.05, 4.69) is 0 Å². The second-order valence-corrected chi connectivity index (χ2v) is 1.80. The van der Waals surface area contributed by atoms with Gasteiger partial charge in [-0.25, -0.2) is 0 Å². The molecular formula is H15AlBaCaO5SiSr. The van der Waals surface area contributed by atoms with Gasteiger partial charge in [-0.15, -0.1) is 0 Å². The molecule has 0 saturated carbocycles.